The molecule has 0 bridgehead atoms. The topological polar surface area (TPSA) is 139 Å². The molecule has 3 rings (SSSR count). The van der Waals surface area contributed by atoms with Crippen LogP contribution in [0.1, 0.15) is 0 Å². The molecule has 0 saturated carbocycles. The molecule has 10 heteroatoms. The highest BCUT2D eigenvalue weighted by atomic mass is 32.1. The monoisotopic (exact) mass is 309 g/mol. The molecular formula is C11H11N5O4S. The highest BCUT2D eigenvalue weighted by molar-refractivity contribution is 7.71. The molecule has 3 aromatic rings. The number of H-pyrrole nitrogens is 5. The van der Waals surface area contributed by atoms with Gasteiger partial charge in [0.05, 0.1) is 18.1 Å². The van der Waals surface area contributed by atoms with Gasteiger partial charge in [-0.2, -0.15) is 0 Å². The standard InChI is InChI=1S/C8H8N2OS.C3H3N3O3/c1-11-5-2-3-6-7(4-5)10-8(12)9-6;7-1-4-2(8)6-3(9)5-1/h2-4H,1H3,(H2,9,10,12);(H3,4,5,6,7,8,9). The van der Waals surface area contributed by atoms with Crippen molar-refractivity contribution in [1.29, 1.82) is 0 Å². The van der Waals surface area contributed by atoms with Crippen LogP contribution in [-0.2, 0) is 0 Å². The van der Waals surface area contributed by atoms with Gasteiger partial charge in [0.15, 0.2) is 4.77 Å². The van der Waals surface area contributed by atoms with Gasteiger partial charge in [0.25, 0.3) is 0 Å². The Hall–Kier alpha value is -2.88. The van der Waals surface area contributed by atoms with Crippen molar-refractivity contribution in [2.75, 3.05) is 7.11 Å². The molecule has 21 heavy (non-hydrogen) atoms. The molecule has 0 atom stereocenters. The van der Waals surface area contributed by atoms with E-state index in [1.807, 2.05) is 18.2 Å². The molecule has 0 unspecified atom stereocenters. The van der Waals surface area contributed by atoms with Crippen LogP contribution in [0, 0.1) is 4.77 Å². The third kappa shape index (κ3) is 3.79. The summed E-state index contributed by atoms with van der Waals surface area (Å²) in [5, 5.41) is 0. The van der Waals surface area contributed by atoms with Crippen molar-refractivity contribution in [2.24, 2.45) is 0 Å². The maximum absolute atomic E-state index is 10.2. The van der Waals surface area contributed by atoms with Gasteiger partial charge in [-0.1, -0.05) is 0 Å². The number of fused-ring (bicyclic) bond motifs is 1. The van der Waals surface area contributed by atoms with Gasteiger partial charge in [0.2, 0.25) is 0 Å². The molecule has 0 radical (unpaired) electrons. The highest BCUT2D eigenvalue weighted by Crippen LogP contribution is 2.17. The molecule has 0 aliphatic heterocycles. The molecule has 110 valence electrons. The first kappa shape index (κ1) is 14.5. The van der Waals surface area contributed by atoms with E-state index in [0.29, 0.717) is 4.77 Å². The largest absolute Gasteiger partial charge is 0.497 e. The van der Waals surface area contributed by atoms with E-state index in [9.17, 15) is 14.4 Å². The van der Waals surface area contributed by atoms with E-state index in [1.54, 1.807) is 22.1 Å². The van der Waals surface area contributed by atoms with Crippen LogP contribution >= 0.6 is 12.2 Å². The molecule has 2 aromatic heterocycles. The van der Waals surface area contributed by atoms with Gasteiger partial charge in [-0.25, -0.2) is 14.4 Å². The Morgan fingerprint density at radius 2 is 1.38 bits per heavy atom. The third-order valence-corrected chi connectivity index (χ3v) is 2.61. The van der Waals surface area contributed by atoms with Crippen LogP contribution in [0.3, 0.4) is 0 Å². The van der Waals surface area contributed by atoms with Crippen LogP contribution in [0.4, 0.5) is 0 Å². The summed E-state index contributed by atoms with van der Waals surface area (Å²) in [5.41, 5.74) is -0.434. The van der Waals surface area contributed by atoms with Crippen LogP contribution in [0.2, 0.25) is 0 Å². The number of imidazole rings is 1. The predicted octanol–water partition coefficient (Wildman–Crippen LogP) is -0.0144. The number of hydrogen-bond donors (Lipinski definition) is 5. The van der Waals surface area contributed by atoms with Crippen molar-refractivity contribution in [3.05, 3.63) is 54.4 Å². The zero-order chi connectivity index (χ0) is 15.4. The second kappa shape index (κ2) is 6.05. The number of methoxy groups -OCH3 is 1. The summed E-state index contributed by atoms with van der Waals surface area (Å²) < 4.78 is 5.70. The number of ether oxygens (including phenoxy) is 1. The molecule has 9 nitrogen and oxygen atoms in total. The maximum atomic E-state index is 10.2. The summed E-state index contributed by atoms with van der Waals surface area (Å²) >= 11 is 4.94. The molecule has 0 spiro atoms. The van der Waals surface area contributed by atoms with Crippen LogP contribution in [-0.4, -0.2) is 32.0 Å². The minimum absolute atomic E-state index is 0.637. The molecule has 0 aliphatic rings. The fourth-order valence-electron chi connectivity index (χ4n) is 1.54. The van der Waals surface area contributed by atoms with E-state index in [1.165, 1.54) is 0 Å². The van der Waals surface area contributed by atoms with Crippen LogP contribution < -0.4 is 21.8 Å². The van der Waals surface area contributed by atoms with E-state index in [2.05, 4.69) is 9.97 Å². The fourth-order valence-corrected chi connectivity index (χ4v) is 1.76. The third-order valence-electron chi connectivity index (χ3n) is 2.40. The first-order chi connectivity index (χ1) is 9.97. The second-order valence-corrected chi connectivity index (χ2v) is 4.26. The van der Waals surface area contributed by atoms with E-state index in [-0.39, 0.29) is 0 Å². The summed E-state index contributed by atoms with van der Waals surface area (Å²) in [6.45, 7) is 0. The van der Waals surface area contributed by atoms with Crippen molar-refractivity contribution < 1.29 is 4.74 Å². The number of aromatic nitrogens is 5. The average molecular weight is 309 g/mol. The van der Waals surface area contributed by atoms with Gasteiger partial charge in [0.1, 0.15) is 5.75 Å². The Morgan fingerprint density at radius 1 is 0.857 bits per heavy atom. The van der Waals surface area contributed by atoms with E-state index < -0.39 is 17.1 Å². The van der Waals surface area contributed by atoms with E-state index in [4.69, 9.17) is 17.0 Å². The summed E-state index contributed by atoms with van der Waals surface area (Å²) in [7, 11) is 1.64. The van der Waals surface area contributed by atoms with Crippen LogP contribution in [0.25, 0.3) is 11.0 Å². The molecule has 0 aliphatic carbocycles. The Balaban J connectivity index is 0.000000161. The first-order valence-electron chi connectivity index (χ1n) is 5.67. The lowest BCUT2D eigenvalue weighted by atomic mass is 10.3. The van der Waals surface area contributed by atoms with Gasteiger partial charge in [-0.3, -0.25) is 15.0 Å². The summed E-state index contributed by atoms with van der Waals surface area (Å²) in [6, 6.07) is 5.73. The second-order valence-electron chi connectivity index (χ2n) is 3.85. The molecule has 0 saturated heterocycles. The van der Waals surface area contributed by atoms with Gasteiger partial charge >= 0.3 is 17.1 Å². The summed E-state index contributed by atoms with van der Waals surface area (Å²) in [4.78, 5) is 41.9. The van der Waals surface area contributed by atoms with Crippen LogP contribution in [0.15, 0.2) is 32.6 Å². The average Bonchev–Trinajstić information content (AvgIpc) is 2.76. The summed E-state index contributed by atoms with van der Waals surface area (Å²) in [6.07, 6.45) is 0. The molecule has 5 N–H and O–H groups in total. The van der Waals surface area contributed by atoms with E-state index >= 15 is 0 Å². The van der Waals surface area contributed by atoms with E-state index in [0.717, 1.165) is 16.8 Å². The van der Waals surface area contributed by atoms with Gasteiger partial charge < -0.3 is 14.7 Å². The lowest BCUT2D eigenvalue weighted by molar-refractivity contribution is 0.415. The molecule has 0 amide bonds. The SMILES string of the molecule is COc1ccc2[nH]c(=S)[nH]c2c1.O=c1[nH]c(=O)[nH]c(=O)[nH]1. The first-order valence-corrected chi connectivity index (χ1v) is 6.08. The van der Waals surface area contributed by atoms with Crippen molar-refractivity contribution in [3.63, 3.8) is 0 Å². The highest BCUT2D eigenvalue weighted by Gasteiger charge is 1.96. The molecule has 1 aromatic carbocycles. The van der Waals surface area contributed by atoms with Crippen molar-refractivity contribution >= 4 is 23.3 Å². The lowest BCUT2D eigenvalue weighted by Gasteiger charge is -1.96. The zero-order valence-corrected chi connectivity index (χ0v) is 11.6. The zero-order valence-electron chi connectivity index (χ0n) is 10.8. The quantitative estimate of drug-likeness (QED) is 0.402. The maximum Gasteiger partial charge on any atom is 0.330 e. The number of hydrogen-bond acceptors (Lipinski definition) is 5. The van der Waals surface area contributed by atoms with Crippen molar-refractivity contribution in [3.8, 4) is 5.75 Å². The van der Waals surface area contributed by atoms with Crippen molar-refractivity contribution in [2.45, 2.75) is 0 Å². The number of rotatable bonds is 1. The Morgan fingerprint density at radius 3 is 1.90 bits per heavy atom. The van der Waals surface area contributed by atoms with Gasteiger partial charge in [-0.05, 0) is 24.4 Å². The Labute approximate surface area is 121 Å². The lowest BCUT2D eigenvalue weighted by Crippen LogP contribution is -2.34. The van der Waals surface area contributed by atoms with Crippen LogP contribution in [0.5, 0.6) is 5.75 Å². The Kier molecular flexibility index (Phi) is 4.18. The van der Waals surface area contributed by atoms with Gasteiger partial charge in [0, 0.05) is 6.07 Å². The number of benzene rings is 1. The summed E-state index contributed by atoms with van der Waals surface area (Å²) in [5.74, 6) is 0.827. The number of nitrogens with one attached hydrogen (secondary N) is 5. The van der Waals surface area contributed by atoms with Crippen molar-refractivity contribution in [1.82, 2.24) is 24.9 Å². The smallest absolute Gasteiger partial charge is 0.330 e. The minimum atomic E-state index is -0.802. The van der Waals surface area contributed by atoms with Gasteiger partial charge in [-0.15, -0.1) is 0 Å². The Bertz CT molecular complexity index is 898. The molecular weight excluding hydrogens is 298 g/mol. The predicted molar refractivity (Wildman–Crippen MR) is 78.3 cm³/mol. The molecule has 0 fully saturated rings. The fraction of sp³-hybridized carbons (Fsp3) is 0.0909. The molecule has 2 heterocycles. The normalized spacial score (nSPS) is 9.95. The number of aromatic amines is 5. The minimum Gasteiger partial charge on any atom is -0.497 e.